The van der Waals surface area contributed by atoms with E-state index in [9.17, 15) is 9.59 Å². The van der Waals surface area contributed by atoms with Crippen molar-refractivity contribution < 1.29 is 19.5 Å². The number of carbonyl (C=O) groups excluding carboxylic acids is 2. The maximum absolute atomic E-state index is 13.5. The molecule has 32 heavy (non-hydrogen) atoms. The van der Waals surface area contributed by atoms with Gasteiger partial charge in [-0.05, 0) is 67.2 Å². The first-order valence-electron chi connectivity index (χ1n) is 11.1. The molecular weight excluding hydrogens is 408 g/mol. The highest BCUT2D eigenvalue weighted by atomic mass is 16.5. The molecule has 2 aromatic carbocycles. The highest BCUT2D eigenvalue weighted by Crippen LogP contribution is 2.29. The zero-order valence-corrected chi connectivity index (χ0v) is 18.1. The van der Waals surface area contributed by atoms with Crippen molar-refractivity contribution in [2.75, 3.05) is 44.3 Å². The second kappa shape index (κ2) is 10.6. The summed E-state index contributed by atoms with van der Waals surface area (Å²) in [6.45, 7) is 4.63. The third-order valence-corrected chi connectivity index (χ3v) is 6.16. The summed E-state index contributed by atoms with van der Waals surface area (Å²) in [6.07, 6.45) is 2.19. The van der Waals surface area contributed by atoms with Gasteiger partial charge in [-0.2, -0.15) is 0 Å². The van der Waals surface area contributed by atoms with E-state index in [1.807, 2.05) is 17.0 Å². The number of amides is 3. The minimum atomic E-state index is -0.563. The number of carbonyl (C=O) groups is 2. The molecule has 4 rings (SSSR count). The van der Waals surface area contributed by atoms with Gasteiger partial charge in [-0.3, -0.25) is 14.9 Å². The summed E-state index contributed by atoms with van der Waals surface area (Å²) in [5.74, 6) is -0.0692. The summed E-state index contributed by atoms with van der Waals surface area (Å²) in [5.41, 5.74) is 5.03. The second-order valence-electron chi connectivity index (χ2n) is 8.23. The first-order valence-corrected chi connectivity index (χ1v) is 11.1. The minimum absolute atomic E-state index is 0.0482. The Bertz CT molecular complexity index is 922. The number of anilines is 1. The number of nitrogens with one attached hydrogen (secondary N) is 2. The van der Waals surface area contributed by atoms with E-state index >= 15 is 0 Å². The summed E-state index contributed by atoms with van der Waals surface area (Å²) >= 11 is 0. The standard InChI is InChI=1S/C24H30N4O4/c29-23(26-31)20-6-4-18(5-7-20)17-28(24(30)27-12-14-32-15-13-27)22-3-1-2-21(16-22)19-8-10-25-11-9-19/h1-7,16,19,25,31H,8-15,17H2,(H,26,29). The molecule has 0 bridgehead atoms. The molecule has 2 saturated heterocycles. The highest BCUT2D eigenvalue weighted by Gasteiger charge is 2.25. The molecule has 2 aliphatic rings. The second-order valence-corrected chi connectivity index (χ2v) is 8.23. The van der Waals surface area contributed by atoms with Crippen LogP contribution in [0.4, 0.5) is 10.5 Å². The lowest BCUT2D eigenvalue weighted by Crippen LogP contribution is -2.48. The Labute approximate surface area is 188 Å². The Balaban J connectivity index is 1.60. The lowest BCUT2D eigenvalue weighted by Gasteiger charge is -2.33. The molecule has 0 atom stereocenters. The summed E-state index contributed by atoms with van der Waals surface area (Å²) in [4.78, 5) is 28.8. The van der Waals surface area contributed by atoms with Crippen LogP contribution in [0.3, 0.4) is 0 Å². The number of hydrogen-bond acceptors (Lipinski definition) is 5. The molecule has 0 aliphatic carbocycles. The highest BCUT2D eigenvalue weighted by molar-refractivity contribution is 5.94. The fourth-order valence-corrected chi connectivity index (χ4v) is 4.31. The smallest absolute Gasteiger partial charge is 0.324 e. The Kier molecular flexibility index (Phi) is 7.36. The van der Waals surface area contributed by atoms with Crippen LogP contribution in [0, 0.1) is 0 Å². The maximum atomic E-state index is 13.5. The molecule has 2 fully saturated rings. The third-order valence-electron chi connectivity index (χ3n) is 6.16. The van der Waals surface area contributed by atoms with Gasteiger partial charge < -0.3 is 15.0 Å². The van der Waals surface area contributed by atoms with Gasteiger partial charge in [0.2, 0.25) is 0 Å². The SMILES string of the molecule is O=C(NO)c1ccc(CN(C(=O)N2CCOCC2)c2cccc(C3CCNCC3)c2)cc1. The van der Waals surface area contributed by atoms with Crippen LogP contribution in [0.1, 0.15) is 40.2 Å². The van der Waals surface area contributed by atoms with E-state index in [1.165, 1.54) is 5.56 Å². The van der Waals surface area contributed by atoms with Crippen LogP contribution in [0.25, 0.3) is 0 Å². The number of benzene rings is 2. The van der Waals surface area contributed by atoms with E-state index in [1.54, 1.807) is 34.6 Å². The first kappa shape index (κ1) is 22.3. The van der Waals surface area contributed by atoms with Crippen LogP contribution >= 0.6 is 0 Å². The largest absolute Gasteiger partial charge is 0.378 e. The molecule has 0 unspecified atom stereocenters. The van der Waals surface area contributed by atoms with Crippen LogP contribution in [0.2, 0.25) is 0 Å². The van der Waals surface area contributed by atoms with Gasteiger partial charge in [0.05, 0.1) is 19.8 Å². The molecule has 0 aromatic heterocycles. The minimum Gasteiger partial charge on any atom is -0.378 e. The van der Waals surface area contributed by atoms with Crippen molar-refractivity contribution in [1.82, 2.24) is 15.7 Å². The fourth-order valence-electron chi connectivity index (χ4n) is 4.31. The van der Waals surface area contributed by atoms with Gasteiger partial charge >= 0.3 is 6.03 Å². The lowest BCUT2D eigenvalue weighted by atomic mass is 9.90. The summed E-state index contributed by atoms with van der Waals surface area (Å²) in [6, 6.07) is 15.2. The molecular formula is C24H30N4O4. The monoisotopic (exact) mass is 438 g/mol. The fraction of sp³-hybridized carbons (Fsp3) is 0.417. The van der Waals surface area contributed by atoms with Crippen LogP contribution < -0.4 is 15.7 Å². The number of nitrogens with zero attached hydrogens (tertiary/aromatic N) is 2. The Hall–Kier alpha value is -2.94. The van der Waals surface area contributed by atoms with Crippen molar-refractivity contribution in [2.45, 2.75) is 25.3 Å². The predicted octanol–water partition coefficient (Wildman–Crippen LogP) is 2.73. The Morgan fingerprint density at radius 3 is 2.50 bits per heavy atom. The average Bonchev–Trinajstić information content (AvgIpc) is 2.88. The van der Waals surface area contributed by atoms with Crippen molar-refractivity contribution in [3.8, 4) is 0 Å². The van der Waals surface area contributed by atoms with Crippen LogP contribution in [0.5, 0.6) is 0 Å². The van der Waals surface area contributed by atoms with Crippen molar-refractivity contribution in [3.05, 3.63) is 65.2 Å². The predicted molar refractivity (Wildman–Crippen MR) is 121 cm³/mol. The van der Waals surface area contributed by atoms with Crippen molar-refractivity contribution in [1.29, 1.82) is 0 Å². The molecule has 8 nitrogen and oxygen atoms in total. The molecule has 2 aliphatic heterocycles. The quantitative estimate of drug-likeness (QED) is 0.493. The zero-order chi connectivity index (χ0) is 22.3. The van der Waals surface area contributed by atoms with Gasteiger partial charge in [0, 0.05) is 24.3 Å². The van der Waals surface area contributed by atoms with E-state index in [2.05, 4.69) is 17.4 Å². The number of hydroxylamine groups is 1. The van der Waals surface area contributed by atoms with Gasteiger partial charge in [-0.25, -0.2) is 10.3 Å². The van der Waals surface area contributed by atoms with Gasteiger partial charge in [0.25, 0.3) is 5.91 Å². The molecule has 2 heterocycles. The van der Waals surface area contributed by atoms with Crippen LogP contribution in [0.15, 0.2) is 48.5 Å². The van der Waals surface area contributed by atoms with Gasteiger partial charge in [-0.15, -0.1) is 0 Å². The Morgan fingerprint density at radius 1 is 1.09 bits per heavy atom. The number of hydrogen-bond donors (Lipinski definition) is 3. The molecule has 0 radical (unpaired) electrons. The van der Waals surface area contributed by atoms with E-state index in [0.717, 1.165) is 37.2 Å². The van der Waals surface area contributed by atoms with Crippen molar-refractivity contribution in [3.63, 3.8) is 0 Å². The van der Waals surface area contributed by atoms with Gasteiger partial charge in [-0.1, -0.05) is 24.3 Å². The summed E-state index contributed by atoms with van der Waals surface area (Å²) in [7, 11) is 0. The Morgan fingerprint density at radius 2 is 1.81 bits per heavy atom. The van der Waals surface area contributed by atoms with Gasteiger partial charge in [0.1, 0.15) is 0 Å². The maximum Gasteiger partial charge on any atom is 0.324 e. The number of urea groups is 1. The van der Waals surface area contributed by atoms with Gasteiger partial charge in [0.15, 0.2) is 0 Å². The van der Waals surface area contributed by atoms with Crippen molar-refractivity contribution in [2.24, 2.45) is 0 Å². The topological polar surface area (TPSA) is 94.1 Å². The third kappa shape index (κ3) is 5.27. The van der Waals surface area contributed by atoms with E-state index < -0.39 is 5.91 Å². The van der Waals surface area contributed by atoms with E-state index in [4.69, 9.17) is 9.94 Å². The van der Waals surface area contributed by atoms with E-state index in [0.29, 0.717) is 44.3 Å². The molecule has 0 spiro atoms. The molecule has 170 valence electrons. The van der Waals surface area contributed by atoms with Crippen molar-refractivity contribution >= 4 is 17.6 Å². The summed E-state index contributed by atoms with van der Waals surface area (Å²) < 4.78 is 5.42. The summed E-state index contributed by atoms with van der Waals surface area (Å²) in [5, 5.41) is 12.2. The molecule has 0 saturated carbocycles. The van der Waals surface area contributed by atoms with Crippen LogP contribution in [-0.2, 0) is 11.3 Å². The van der Waals surface area contributed by atoms with Crippen LogP contribution in [-0.4, -0.2) is 61.4 Å². The number of piperidine rings is 1. The average molecular weight is 439 g/mol. The number of morpholine rings is 1. The lowest BCUT2D eigenvalue weighted by molar-refractivity contribution is 0.0548. The molecule has 3 amide bonds. The molecule has 3 N–H and O–H groups in total. The zero-order valence-electron chi connectivity index (χ0n) is 18.1. The normalized spacial score (nSPS) is 17.1. The first-order chi connectivity index (χ1) is 15.7. The van der Waals surface area contributed by atoms with E-state index in [-0.39, 0.29) is 6.03 Å². The number of ether oxygens (including phenoxy) is 1. The number of rotatable bonds is 5. The molecule has 8 heteroatoms. The molecule has 2 aromatic rings.